The maximum atomic E-state index is 12.4. The van der Waals surface area contributed by atoms with E-state index in [1.54, 1.807) is 24.4 Å². The highest BCUT2D eigenvalue weighted by Crippen LogP contribution is 2.28. The largest absolute Gasteiger partial charge is 0.508 e. The number of hydrogen-bond donors (Lipinski definition) is 1. The number of allylic oxidation sites excluding steroid dienone is 1. The van der Waals surface area contributed by atoms with Gasteiger partial charge in [0.1, 0.15) is 5.75 Å². The number of rotatable bonds is 1. The minimum atomic E-state index is 0.0342. The molecule has 0 aliphatic heterocycles. The third-order valence-electron chi connectivity index (χ3n) is 3.30. The van der Waals surface area contributed by atoms with Gasteiger partial charge >= 0.3 is 0 Å². The molecule has 1 aliphatic rings. The fourth-order valence-corrected chi connectivity index (χ4v) is 2.34. The first-order valence-corrected chi connectivity index (χ1v) is 6.22. The van der Waals surface area contributed by atoms with E-state index in [2.05, 4.69) is 4.98 Å². The molecule has 94 valence electrons. The Morgan fingerprint density at radius 3 is 2.84 bits per heavy atom. The summed E-state index contributed by atoms with van der Waals surface area (Å²) in [5.74, 6) is 0.246. The highest BCUT2D eigenvalue weighted by Gasteiger charge is 2.22. The lowest BCUT2D eigenvalue weighted by molar-refractivity contribution is 0.102. The Balaban J connectivity index is 1.98. The summed E-state index contributed by atoms with van der Waals surface area (Å²) in [4.78, 5) is 16.6. The van der Waals surface area contributed by atoms with Gasteiger partial charge in [-0.05, 0) is 54.8 Å². The standard InChI is InChI=1S/C16H13NO2/c18-14-6-7-15-11(10-14)4-5-12(16(15)19)9-13-3-1-2-8-17-13/h1-3,6-10,18H,4-5H2/b12-9+. The van der Waals surface area contributed by atoms with Crippen molar-refractivity contribution >= 4 is 11.9 Å². The molecule has 1 heterocycles. The average molecular weight is 251 g/mol. The smallest absolute Gasteiger partial charge is 0.189 e. The van der Waals surface area contributed by atoms with E-state index in [-0.39, 0.29) is 11.5 Å². The van der Waals surface area contributed by atoms with E-state index in [0.717, 1.165) is 23.3 Å². The Morgan fingerprint density at radius 1 is 1.16 bits per heavy atom. The number of pyridine rings is 1. The Morgan fingerprint density at radius 2 is 2.05 bits per heavy atom. The molecule has 1 aliphatic carbocycles. The van der Waals surface area contributed by atoms with Crippen molar-refractivity contribution in [3.05, 3.63) is 65.0 Å². The van der Waals surface area contributed by atoms with Crippen LogP contribution in [0.5, 0.6) is 5.75 Å². The van der Waals surface area contributed by atoms with Crippen LogP contribution < -0.4 is 0 Å². The second-order valence-corrected chi connectivity index (χ2v) is 4.59. The zero-order valence-corrected chi connectivity index (χ0v) is 10.3. The molecule has 2 aromatic rings. The topological polar surface area (TPSA) is 50.2 Å². The molecule has 3 heteroatoms. The average Bonchev–Trinajstić information content (AvgIpc) is 2.43. The summed E-state index contributed by atoms with van der Waals surface area (Å²) < 4.78 is 0. The predicted molar refractivity (Wildman–Crippen MR) is 73.0 cm³/mol. The molecule has 0 saturated heterocycles. The summed E-state index contributed by atoms with van der Waals surface area (Å²) in [6, 6.07) is 10.6. The number of nitrogens with zero attached hydrogens (tertiary/aromatic N) is 1. The van der Waals surface area contributed by atoms with Gasteiger partial charge in [0.25, 0.3) is 0 Å². The first kappa shape index (κ1) is 11.7. The third kappa shape index (κ3) is 2.27. The van der Waals surface area contributed by atoms with Gasteiger partial charge in [-0.25, -0.2) is 0 Å². The van der Waals surface area contributed by atoms with Crippen LogP contribution in [-0.4, -0.2) is 15.9 Å². The molecule has 0 saturated carbocycles. The molecule has 1 aromatic heterocycles. The lowest BCUT2D eigenvalue weighted by atomic mass is 9.86. The molecule has 1 aromatic carbocycles. The lowest BCUT2D eigenvalue weighted by Crippen LogP contribution is -2.13. The minimum absolute atomic E-state index is 0.0342. The molecule has 0 bridgehead atoms. The van der Waals surface area contributed by atoms with Crippen LogP contribution >= 0.6 is 0 Å². The number of carbonyl (C=O) groups is 1. The second kappa shape index (κ2) is 4.69. The summed E-state index contributed by atoms with van der Waals surface area (Å²) >= 11 is 0. The molecule has 0 amide bonds. The second-order valence-electron chi connectivity index (χ2n) is 4.59. The maximum Gasteiger partial charge on any atom is 0.189 e. The van der Waals surface area contributed by atoms with E-state index < -0.39 is 0 Å². The van der Waals surface area contributed by atoms with E-state index in [1.807, 2.05) is 24.3 Å². The van der Waals surface area contributed by atoms with E-state index in [0.29, 0.717) is 12.0 Å². The van der Waals surface area contributed by atoms with Crippen molar-refractivity contribution in [2.75, 3.05) is 0 Å². The van der Waals surface area contributed by atoms with Crippen LogP contribution in [0.25, 0.3) is 6.08 Å². The molecule has 3 rings (SSSR count). The molecule has 0 fully saturated rings. The van der Waals surface area contributed by atoms with Gasteiger partial charge in [-0.15, -0.1) is 0 Å². The maximum absolute atomic E-state index is 12.4. The monoisotopic (exact) mass is 251 g/mol. The summed E-state index contributed by atoms with van der Waals surface area (Å²) in [6.45, 7) is 0. The normalized spacial score (nSPS) is 16.4. The Labute approximate surface area is 111 Å². The number of fused-ring (bicyclic) bond motifs is 1. The number of carbonyl (C=O) groups excluding carboxylic acids is 1. The van der Waals surface area contributed by atoms with Crippen molar-refractivity contribution in [3.63, 3.8) is 0 Å². The van der Waals surface area contributed by atoms with Crippen LogP contribution in [0, 0.1) is 0 Å². The van der Waals surface area contributed by atoms with E-state index in [4.69, 9.17) is 0 Å². The predicted octanol–water partition coefficient (Wildman–Crippen LogP) is 3.00. The zero-order chi connectivity index (χ0) is 13.2. The van der Waals surface area contributed by atoms with Crippen LogP contribution in [0.3, 0.4) is 0 Å². The van der Waals surface area contributed by atoms with Gasteiger partial charge in [-0.1, -0.05) is 6.07 Å². The number of benzene rings is 1. The van der Waals surface area contributed by atoms with E-state index >= 15 is 0 Å². The number of hydrogen-bond acceptors (Lipinski definition) is 3. The zero-order valence-electron chi connectivity index (χ0n) is 10.3. The molecule has 0 unspecified atom stereocenters. The van der Waals surface area contributed by atoms with Gasteiger partial charge in [0.15, 0.2) is 5.78 Å². The number of aryl methyl sites for hydroxylation is 1. The quantitative estimate of drug-likeness (QED) is 0.793. The van der Waals surface area contributed by atoms with E-state index in [9.17, 15) is 9.90 Å². The summed E-state index contributed by atoms with van der Waals surface area (Å²) in [5.41, 5.74) is 3.18. The summed E-state index contributed by atoms with van der Waals surface area (Å²) in [5, 5.41) is 9.44. The molecular formula is C16H13NO2. The molecular weight excluding hydrogens is 238 g/mol. The number of phenols is 1. The highest BCUT2D eigenvalue weighted by atomic mass is 16.3. The van der Waals surface area contributed by atoms with Crippen molar-refractivity contribution in [2.45, 2.75) is 12.8 Å². The highest BCUT2D eigenvalue weighted by molar-refractivity contribution is 6.13. The van der Waals surface area contributed by atoms with E-state index in [1.165, 1.54) is 0 Å². The number of aromatic nitrogens is 1. The molecule has 19 heavy (non-hydrogen) atoms. The number of phenolic OH excluding ortho intramolecular Hbond substituents is 1. The van der Waals surface area contributed by atoms with Crippen molar-refractivity contribution in [1.82, 2.24) is 4.98 Å². The first-order valence-electron chi connectivity index (χ1n) is 6.22. The fourth-order valence-electron chi connectivity index (χ4n) is 2.34. The van der Waals surface area contributed by atoms with Crippen LogP contribution in [0.4, 0.5) is 0 Å². The molecule has 0 atom stereocenters. The Kier molecular flexibility index (Phi) is 2.88. The number of Topliss-reactive ketones (excluding diaryl/α,β-unsaturated/α-hetero) is 1. The minimum Gasteiger partial charge on any atom is -0.508 e. The fraction of sp³-hybridized carbons (Fsp3) is 0.125. The van der Waals surface area contributed by atoms with Gasteiger partial charge in [0.2, 0.25) is 0 Å². The number of ketones is 1. The van der Waals surface area contributed by atoms with Gasteiger partial charge in [-0.2, -0.15) is 0 Å². The van der Waals surface area contributed by atoms with Crippen molar-refractivity contribution in [1.29, 1.82) is 0 Å². The van der Waals surface area contributed by atoms with Crippen LogP contribution in [0.2, 0.25) is 0 Å². The van der Waals surface area contributed by atoms with Crippen LogP contribution in [0.15, 0.2) is 48.2 Å². The number of aromatic hydroxyl groups is 1. The van der Waals surface area contributed by atoms with Crippen molar-refractivity contribution in [2.24, 2.45) is 0 Å². The van der Waals surface area contributed by atoms with Crippen LogP contribution in [0.1, 0.15) is 28.0 Å². The Hall–Kier alpha value is -2.42. The molecule has 0 spiro atoms. The van der Waals surface area contributed by atoms with Gasteiger partial charge in [0, 0.05) is 17.3 Å². The Bertz CT molecular complexity index is 660. The van der Waals surface area contributed by atoms with Gasteiger partial charge in [0.05, 0.1) is 5.69 Å². The molecule has 0 radical (unpaired) electrons. The molecule has 3 nitrogen and oxygen atoms in total. The summed E-state index contributed by atoms with van der Waals surface area (Å²) in [6.07, 6.45) is 5.02. The first-order chi connectivity index (χ1) is 9.24. The van der Waals surface area contributed by atoms with Gasteiger partial charge in [-0.3, -0.25) is 9.78 Å². The SMILES string of the molecule is O=C1/C(=C/c2ccccn2)CCc2cc(O)ccc21. The third-order valence-corrected chi connectivity index (χ3v) is 3.30. The van der Waals surface area contributed by atoms with Crippen LogP contribution in [-0.2, 0) is 6.42 Å². The lowest BCUT2D eigenvalue weighted by Gasteiger charge is -2.17. The van der Waals surface area contributed by atoms with Crippen molar-refractivity contribution in [3.8, 4) is 5.75 Å². The molecule has 1 N–H and O–H groups in total. The van der Waals surface area contributed by atoms with Gasteiger partial charge < -0.3 is 5.11 Å². The van der Waals surface area contributed by atoms with Crippen molar-refractivity contribution < 1.29 is 9.90 Å². The summed E-state index contributed by atoms with van der Waals surface area (Å²) in [7, 11) is 0.